The molecule has 3 aromatic heterocycles. The Labute approximate surface area is 121 Å². The minimum Gasteiger partial charge on any atom is -0.477 e. The lowest BCUT2D eigenvalue weighted by atomic mass is 10.3. The summed E-state index contributed by atoms with van der Waals surface area (Å²) in [5, 5.41) is 13.2. The second-order valence-corrected chi connectivity index (χ2v) is 5.46. The molecule has 0 amide bonds. The molecule has 3 rings (SSSR count). The van der Waals surface area contributed by atoms with Gasteiger partial charge in [0.05, 0.1) is 22.0 Å². The molecule has 0 aliphatic rings. The maximum atomic E-state index is 11.3. The van der Waals surface area contributed by atoms with Crippen LogP contribution < -0.4 is 4.74 Å². The summed E-state index contributed by atoms with van der Waals surface area (Å²) >= 11 is 7.18. The molecule has 9 heteroatoms. The summed E-state index contributed by atoms with van der Waals surface area (Å²) < 4.78 is 6.61. The van der Waals surface area contributed by atoms with Gasteiger partial charge in [0, 0.05) is 0 Å². The van der Waals surface area contributed by atoms with Crippen LogP contribution in [0, 0.1) is 0 Å². The highest BCUT2D eigenvalue weighted by Crippen LogP contribution is 2.30. The summed E-state index contributed by atoms with van der Waals surface area (Å²) in [5.41, 5.74) is 0.423. The molecular weight excluding hydrogens is 304 g/mol. The highest BCUT2D eigenvalue weighted by atomic mass is 35.5. The van der Waals surface area contributed by atoms with Crippen LogP contribution in [-0.4, -0.2) is 37.8 Å². The summed E-state index contributed by atoms with van der Waals surface area (Å²) in [6.07, 6.45) is 0. The first kappa shape index (κ1) is 12.8. The standard InChI is InChI=1S/C11H7ClN4O3S/c1-19-11-14-10-13-5(7-2-3-8(12)20-7)4-6(9(17)18)16(10)15-11/h2-4H,1H3,(H,17,18). The smallest absolute Gasteiger partial charge is 0.354 e. The van der Waals surface area contributed by atoms with Crippen molar-refractivity contribution in [2.75, 3.05) is 7.11 Å². The zero-order valence-corrected chi connectivity index (χ0v) is 11.6. The van der Waals surface area contributed by atoms with Gasteiger partial charge in [-0.05, 0) is 18.2 Å². The van der Waals surface area contributed by atoms with Gasteiger partial charge in [-0.25, -0.2) is 9.78 Å². The number of nitrogens with zero attached hydrogens (tertiary/aromatic N) is 4. The van der Waals surface area contributed by atoms with E-state index in [0.29, 0.717) is 10.0 Å². The van der Waals surface area contributed by atoms with Gasteiger partial charge in [0.2, 0.25) is 0 Å². The van der Waals surface area contributed by atoms with Crippen LogP contribution in [0.5, 0.6) is 6.01 Å². The molecule has 0 bridgehead atoms. The molecule has 0 radical (unpaired) electrons. The lowest BCUT2D eigenvalue weighted by Gasteiger charge is -2.01. The molecular formula is C11H7ClN4O3S. The van der Waals surface area contributed by atoms with Gasteiger partial charge < -0.3 is 9.84 Å². The van der Waals surface area contributed by atoms with E-state index < -0.39 is 5.97 Å². The first-order valence-corrected chi connectivity index (χ1v) is 6.59. The summed E-state index contributed by atoms with van der Waals surface area (Å²) in [6.45, 7) is 0. The van der Waals surface area contributed by atoms with Gasteiger partial charge in [0.25, 0.3) is 5.78 Å². The largest absolute Gasteiger partial charge is 0.477 e. The van der Waals surface area contributed by atoms with Gasteiger partial charge >= 0.3 is 12.0 Å². The Morgan fingerprint density at radius 3 is 2.85 bits per heavy atom. The van der Waals surface area contributed by atoms with E-state index in [4.69, 9.17) is 16.3 Å². The number of rotatable bonds is 3. The van der Waals surface area contributed by atoms with Crippen molar-refractivity contribution in [1.82, 2.24) is 19.6 Å². The lowest BCUT2D eigenvalue weighted by Crippen LogP contribution is -2.08. The molecule has 7 nitrogen and oxygen atoms in total. The molecule has 102 valence electrons. The minimum atomic E-state index is -1.13. The summed E-state index contributed by atoms with van der Waals surface area (Å²) in [4.78, 5) is 20.3. The van der Waals surface area contributed by atoms with E-state index in [2.05, 4.69) is 15.1 Å². The first-order valence-electron chi connectivity index (χ1n) is 5.39. The van der Waals surface area contributed by atoms with E-state index in [1.807, 2.05) is 0 Å². The molecule has 0 saturated heterocycles. The van der Waals surface area contributed by atoms with Crippen molar-refractivity contribution in [3.63, 3.8) is 0 Å². The van der Waals surface area contributed by atoms with Crippen LogP contribution in [0.1, 0.15) is 10.5 Å². The Kier molecular flexibility index (Phi) is 3.03. The third-order valence-corrected chi connectivity index (χ3v) is 3.77. The highest BCUT2D eigenvalue weighted by molar-refractivity contribution is 7.19. The molecule has 1 N–H and O–H groups in total. The number of aromatic carboxylic acids is 1. The van der Waals surface area contributed by atoms with Crippen molar-refractivity contribution < 1.29 is 14.6 Å². The average molecular weight is 311 g/mol. The number of thiophene rings is 1. The van der Waals surface area contributed by atoms with Crippen molar-refractivity contribution in [3.05, 3.63) is 28.2 Å². The molecule has 0 saturated carbocycles. The van der Waals surface area contributed by atoms with Crippen LogP contribution in [0.25, 0.3) is 16.3 Å². The molecule has 0 spiro atoms. The quantitative estimate of drug-likeness (QED) is 0.797. The molecule has 0 aliphatic carbocycles. The third kappa shape index (κ3) is 2.08. The van der Waals surface area contributed by atoms with E-state index in [-0.39, 0.29) is 17.5 Å². The van der Waals surface area contributed by atoms with Crippen molar-refractivity contribution in [3.8, 4) is 16.6 Å². The molecule has 0 aliphatic heterocycles. The predicted octanol–water partition coefficient (Wildman–Crippen LogP) is 2.21. The monoisotopic (exact) mass is 310 g/mol. The number of methoxy groups -OCH3 is 1. The lowest BCUT2D eigenvalue weighted by molar-refractivity contribution is 0.0687. The Morgan fingerprint density at radius 2 is 2.25 bits per heavy atom. The number of carboxylic acid groups (broad SMARTS) is 1. The third-order valence-electron chi connectivity index (χ3n) is 2.52. The van der Waals surface area contributed by atoms with Crippen molar-refractivity contribution in [1.29, 1.82) is 0 Å². The van der Waals surface area contributed by atoms with Gasteiger partial charge in [-0.3, -0.25) is 0 Å². The van der Waals surface area contributed by atoms with Gasteiger partial charge in [0.15, 0.2) is 5.69 Å². The van der Waals surface area contributed by atoms with Crippen LogP contribution in [-0.2, 0) is 0 Å². The molecule has 0 fully saturated rings. The van der Waals surface area contributed by atoms with Crippen LogP contribution >= 0.6 is 22.9 Å². The van der Waals surface area contributed by atoms with E-state index in [1.165, 1.54) is 24.5 Å². The second-order valence-electron chi connectivity index (χ2n) is 3.75. The van der Waals surface area contributed by atoms with Crippen molar-refractivity contribution in [2.45, 2.75) is 0 Å². The maximum Gasteiger partial charge on any atom is 0.354 e. The highest BCUT2D eigenvalue weighted by Gasteiger charge is 2.17. The van der Waals surface area contributed by atoms with Gasteiger partial charge in [-0.1, -0.05) is 11.6 Å². The zero-order valence-electron chi connectivity index (χ0n) is 10.1. The van der Waals surface area contributed by atoms with Crippen molar-refractivity contribution in [2.24, 2.45) is 0 Å². The second kappa shape index (κ2) is 4.73. The van der Waals surface area contributed by atoms with Crippen LogP contribution in [0.2, 0.25) is 4.34 Å². The van der Waals surface area contributed by atoms with Crippen LogP contribution in [0.15, 0.2) is 18.2 Å². The number of carbonyl (C=O) groups is 1. The number of fused-ring (bicyclic) bond motifs is 1. The fraction of sp³-hybridized carbons (Fsp3) is 0.0909. The fourth-order valence-electron chi connectivity index (χ4n) is 1.67. The van der Waals surface area contributed by atoms with Gasteiger partial charge in [-0.15, -0.1) is 16.4 Å². The molecule has 20 heavy (non-hydrogen) atoms. The Balaban J connectivity index is 2.27. The molecule has 0 aromatic carbocycles. The molecule has 0 unspecified atom stereocenters. The molecule has 0 atom stereocenters. The number of ether oxygens (including phenoxy) is 1. The minimum absolute atomic E-state index is 0.0506. The van der Waals surface area contributed by atoms with E-state index in [1.54, 1.807) is 12.1 Å². The van der Waals surface area contributed by atoms with Crippen LogP contribution in [0.3, 0.4) is 0 Å². The fourth-order valence-corrected chi connectivity index (χ4v) is 2.67. The number of hydrogen-bond donors (Lipinski definition) is 1. The normalized spacial score (nSPS) is 10.9. The number of carboxylic acids is 1. The van der Waals surface area contributed by atoms with E-state index >= 15 is 0 Å². The van der Waals surface area contributed by atoms with Crippen LogP contribution in [0.4, 0.5) is 0 Å². The van der Waals surface area contributed by atoms with E-state index in [9.17, 15) is 9.90 Å². The number of halogens is 1. The zero-order chi connectivity index (χ0) is 14.3. The van der Waals surface area contributed by atoms with Gasteiger partial charge in [0.1, 0.15) is 0 Å². The maximum absolute atomic E-state index is 11.3. The summed E-state index contributed by atoms with van der Waals surface area (Å²) in [7, 11) is 1.40. The van der Waals surface area contributed by atoms with E-state index in [0.717, 1.165) is 9.39 Å². The molecule has 3 aromatic rings. The number of hydrogen-bond acceptors (Lipinski definition) is 6. The molecule has 3 heterocycles. The Morgan fingerprint density at radius 1 is 1.45 bits per heavy atom. The van der Waals surface area contributed by atoms with Gasteiger partial charge in [-0.2, -0.15) is 9.50 Å². The average Bonchev–Trinajstić information content (AvgIpc) is 3.02. The summed E-state index contributed by atoms with van der Waals surface area (Å²) in [6, 6.07) is 4.97. The topological polar surface area (TPSA) is 89.6 Å². The first-order chi connectivity index (χ1) is 9.58. The SMILES string of the molecule is COc1nc2nc(-c3ccc(Cl)s3)cc(C(=O)O)n2n1. The van der Waals surface area contributed by atoms with Crippen molar-refractivity contribution >= 4 is 34.7 Å². The Bertz CT molecular complexity index is 813. The Hall–Kier alpha value is -2.19. The predicted molar refractivity (Wildman–Crippen MR) is 72.6 cm³/mol. The summed E-state index contributed by atoms with van der Waals surface area (Å²) in [5.74, 6) is -0.977. The number of aromatic nitrogens is 4.